The second-order valence-corrected chi connectivity index (χ2v) is 8.17. The van der Waals surface area contributed by atoms with Crippen LogP contribution in [0.1, 0.15) is 53.7 Å². The molecule has 29 heavy (non-hydrogen) atoms. The predicted octanol–water partition coefficient (Wildman–Crippen LogP) is 4.00. The fourth-order valence-corrected chi connectivity index (χ4v) is 3.83. The zero-order valence-electron chi connectivity index (χ0n) is 16.1. The molecule has 0 bridgehead atoms. The van der Waals surface area contributed by atoms with Gasteiger partial charge in [0.15, 0.2) is 0 Å². The summed E-state index contributed by atoms with van der Waals surface area (Å²) in [6.07, 6.45) is -0.273. The first-order valence-corrected chi connectivity index (χ1v) is 9.47. The van der Waals surface area contributed by atoms with Gasteiger partial charge in [0.2, 0.25) is 0 Å². The van der Waals surface area contributed by atoms with Gasteiger partial charge in [-0.3, -0.25) is 4.79 Å². The third-order valence-corrected chi connectivity index (χ3v) is 5.76. The number of carbonyl (C=O) groups excluding carboxylic acids is 1. The standard InChI is InChI=1S/C20H23F3N4O.ClH/c1-19(11-24)7-8-26(12-19)18(28)16-10-25-27(17(16)13-5-6-13)15-4-2-3-14(9-15)20(21,22)23;/h2-4,9-10,13H,5-8,11-12,24H2,1H3;1H. The van der Waals surface area contributed by atoms with E-state index in [0.717, 1.165) is 31.4 Å². The van der Waals surface area contributed by atoms with Crippen LogP contribution in [0, 0.1) is 5.41 Å². The van der Waals surface area contributed by atoms with E-state index in [1.807, 2.05) is 0 Å². The molecule has 158 valence electrons. The summed E-state index contributed by atoms with van der Waals surface area (Å²) in [5.41, 5.74) is 6.55. The minimum Gasteiger partial charge on any atom is -0.338 e. The van der Waals surface area contributed by atoms with Gasteiger partial charge in [-0.2, -0.15) is 18.3 Å². The molecule has 2 heterocycles. The summed E-state index contributed by atoms with van der Waals surface area (Å²) in [6.45, 7) is 3.79. The van der Waals surface area contributed by atoms with Crippen LogP contribution in [0.4, 0.5) is 13.2 Å². The molecule has 0 radical (unpaired) electrons. The zero-order chi connectivity index (χ0) is 20.1. The fraction of sp³-hybridized carbons (Fsp3) is 0.500. The van der Waals surface area contributed by atoms with Crippen molar-refractivity contribution in [3.8, 4) is 5.69 Å². The Morgan fingerprint density at radius 1 is 1.34 bits per heavy atom. The molecule has 2 N–H and O–H groups in total. The zero-order valence-corrected chi connectivity index (χ0v) is 16.9. The van der Waals surface area contributed by atoms with Crippen LogP contribution < -0.4 is 5.73 Å². The second-order valence-electron chi connectivity index (χ2n) is 8.17. The smallest absolute Gasteiger partial charge is 0.338 e. The van der Waals surface area contributed by atoms with E-state index < -0.39 is 11.7 Å². The largest absolute Gasteiger partial charge is 0.416 e. The number of aromatic nitrogens is 2. The van der Waals surface area contributed by atoms with E-state index in [9.17, 15) is 18.0 Å². The normalized spacial score (nSPS) is 21.9. The van der Waals surface area contributed by atoms with Gasteiger partial charge in [-0.25, -0.2) is 4.68 Å². The maximum atomic E-state index is 13.1. The van der Waals surface area contributed by atoms with Gasteiger partial charge in [-0.1, -0.05) is 13.0 Å². The van der Waals surface area contributed by atoms with Crippen molar-refractivity contribution >= 4 is 18.3 Å². The van der Waals surface area contributed by atoms with Crippen LogP contribution in [0.2, 0.25) is 0 Å². The molecule has 1 aliphatic carbocycles. The monoisotopic (exact) mass is 428 g/mol. The lowest BCUT2D eigenvalue weighted by Gasteiger charge is -2.22. The van der Waals surface area contributed by atoms with E-state index in [0.29, 0.717) is 36.6 Å². The number of hydrogen-bond acceptors (Lipinski definition) is 3. The number of amides is 1. The molecule has 1 aromatic heterocycles. The Morgan fingerprint density at radius 3 is 2.66 bits per heavy atom. The van der Waals surface area contributed by atoms with Crippen molar-refractivity contribution < 1.29 is 18.0 Å². The molecule has 2 aliphatic rings. The number of halogens is 4. The predicted molar refractivity (Wildman–Crippen MR) is 105 cm³/mol. The number of carbonyl (C=O) groups is 1. The Bertz CT molecular complexity index is 909. The number of nitrogens with zero attached hydrogens (tertiary/aromatic N) is 3. The van der Waals surface area contributed by atoms with E-state index in [1.165, 1.54) is 16.9 Å². The lowest BCUT2D eigenvalue weighted by molar-refractivity contribution is -0.137. The van der Waals surface area contributed by atoms with E-state index in [2.05, 4.69) is 12.0 Å². The number of nitrogens with two attached hydrogens (primary N) is 1. The first-order chi connectivity index (χ1) is 13.2. The van der Waals surface area contributed by atoms with Crippen molar-refractivity contribution in [3.63, 3.8) is 0 Å². The molecule has 1 atom stereocenters. The topological polar surface area (TPSA) is 64.2 Å². The average Bonchev–Trinajstić information content (AvgIpc) is 3.28. The van der Waals surface area contributed by atoms with Gasteiger partial charge in [0.1, 0.15) is 0 Å². The lowest BCUT2D eigenvalue weighted by atomic mass is 9.90. The summed E-state index contributed by atoms with van der Waals surface area (Å²) in [5, 5.41) is 4.30. The molecule has 2 aromatic rings. The molecule has 2 fully saturated rings. The van der Waals surface area contributed by atoms with Crippen LogP contribution in [0.3, 0.4) is 0 Å². The average molecular weight is 429 g/mol. The first kappa shape index (κ1) is 21.6. The number of hydrogen-bond donors (Lipinski definition) is 1. The summed E-state index contributed by atoms with van der Waals surface area (Å²) in [5.74, 6) is 0.0387. The van der Waals surface area contributed by atoms with Crippen LogP contribution in [-0.2, 0) is 6.18 Å². The van der Waals surface area contributed by atoms with Gasteiger partial charge >= 0.3 is 6.18 Å². The van der Waals surface area contributed by atoms with E-state index in [1.54, 1.807) is 11.0 Å². The molecule has 1 unspecified atom stereocenters. The van der Waals surface area contributed by atoms with Crippen molar-refractivity contribution in [2.75, 3.05) is 19.6 Å². The molecule has 5 nitrogen and oxygen atoms in total. The Labute approximate surface area is 173 Å². The second kappa shape index (κ2) is 7.65. The van der Waals surface area contributed by atoms with Gasteiger partial charge in [0, 0.05) is 19.0 Å². The van der Waals surface area contributed by atoms with Crippen molar-refractivity contribution in [2.45, 2.75) is 38.3 Å². The van der Waals surface area contributed by atoms with E-state index in [-0.39, 0.29) is 29.6 Å². The van der Waals surface area contributed by atoms with Crippen molar-refractivity contribution in [2.24, 2.45) is 11.1 Å². The summed E-state index contributed by atoms with van der Waals surface area (Å²) in [7, 11) is 0. The first-order valence-electron chi connectivity index (χ1n) is 9.47. The molecule has 1 amide bonds. The lowest BCUT2D eigenvalue weighted by Crippen LogP contribution is -2.34. The molecule has 0 spiro atoms. The minimum absolute atomic E-state index is 0. The van der Waals surface area contributed by atoms with Gasteiger partial charge in [-0.15, -0.1) is 12.4 Å². The molecule has 1 aliphatic heterocycles. The maximum Gasteiger partial charge on any atom is 0.416 e. The quantitative estimate of drug-likeness (QED) is 0.800. The summed E-state index contributed by atoms with van der Waals surface area (Å²) < 4.78 is 40.8. The van der Waals surface area contributed by atoms with Gasteiger partial charge in [-0.05, 0) is 49.4 Å². The number of likely N-dealkylation sites (tertiary alicyclic amines) is 1. The van der Waals surface area contributed by atoms with Crippen LogP contribution >= 0.6 is 12.4 Å². The SMILES string of the molecule is CC1(CN)CCN(C(=O)c2cnn(-c3cccc(C(F)(F)F)c3)c2C2CC2)C1.Cl. The fourth-order valence-electron chi connectivity index (χ4n) is 3.83. The number of rotatable bonds is 4. The number of alkyl halides is 3. The van der Waals surface area contributed by atoms with Gasteiger partial charge in [0.25, 0.3) is 5.91 Å². The summed E-state index contributed by atoms with van der Waals surface area (Å²) in [4.78, 5) is 14.9. The highest BCUT2D eigenvalue weighted by molar-refractivity contribution is 5.96. The Morgan fingerprint density at radius 2 is 2.07 bits per heavy atom. The molecule has 1 saturated heterocycles. The van der Waals surface area contributed by atoms with Crippen molar-refractivity contribution in [3.05, 3.63) is 47.3 Å². The summed E-state index contributed by atoms with van der Waals surface area (Å²) in [6, 6.07) is 5.07. The van der Waals surface area contributed by atoms with Crippen molar-refractivity contribution in [1.82, 2.24) is 14.7 Å². The summed E-state index contributed by atoms with van der Waals surface area (Å²) >= 11 is 0. The molecular formula is C20H24ClF3N4O. The Balaban J connectivity index is 0.00000240. The third-order valence-electron chi connectivity index (χ3n) is 5.76. The Kier molecular flexibility index (Phi) is 5.71. The molecule has 9 heteroatoms. The highest BCUT2D eigenvalue weighted by Gasteiger charge is 2.39. The van der Waals surface area contributed by atoms with Gasteiger partial charge in [0.05, 0.1) is 28.7 Å². The maximum absolute atomic E-state index is 13.1. The highest BCUT2D eigenvalue weighted by atomic mass is 35.5. The van der Waals surface area contributed by atoms with Crippen LogP contribution in [0.5, 0.6) is 0 Å². The minimum atomic E-state index is -4.43. The molecular weight excluding hydrogens is 405 g/mol. The van der Waals surface area contributed by atoms with Crippen LogP contribution in [0.15, 0.2) is 30.5 Å². The van der Waals surface area contributed by atoms with Crippen molar-refractivity contribution in [1.29, 1.82) is 0 Å². The highest BCUT2D eigenvalue weighted by Crippen LogP contribution is 2.43. The van der Waals surface area contributed by atoms with Gasteiger partial charge < -0.3 is 10.6 Å². The van der Waals surface area contributed by atoms with E-state index >= 15 is 0 Å². The van der Waals surface area contributed by atoms with Crippen LogP contribution in [0.25, 0.3) is 5.69 Å². The third kappa shape index (κ3) is 4.14. The van der Waals surface area contributed by atoms with Crippen LogP contribution in [-0.4, -0.2) is 40.2 Å². The molecule has 4 rings (SSSR count). The molecule has 1 aromatic carbocycles. The Hall–Kier alpha value is -2.06. The number of benzene rings is 1. The van der Waals surface area contributed by atoms with E-state index in [4.69, 9.17) is 5.73 Å². The molecule has 1 saturated carbocycles.